The van der Waals surface area contributed by atoms with Gasteiger partial charge in [0.2, 0.25) is 0 Å². The van der Waals surface area contributed by atoms with E-state index in [0.29, 0.717) is 11.8 Å². The Morgan fingerprint density at radius 2 is 2.18 bits per heavy atom. The zero-order valence-corrected chi connectivity index (χ0v) is 10.5. The molecular weight excluding hydrogens is 217 g/mol. The van der Waals surface area contributed by atoms with E-state index in [1.807, 2.05) is 6.92 Å². The minimum Gasteiger partial charge on any atom is -0.487 e. The van der Waals surface area contributed by atoms with E-state index in [9.17, 15) is 4.39 Å². The van der Waals surface area contributed by atoms with Crippen molar-refractivity contribution >= 4 is 0 Å². The van der Waals surface area contributed by atoms with Gasteiger partial charge in [0.25, 0.3) is 0 Å². The second kappa shape index (κ2) is 5.50. The Hall–Kier alpha value is -1.09. The summed E-state index contributed by atoms with van der Waals surface area (Å²) in [6.45, 7) is 5.15. The van der Waals surface area contributed by atoms with Crippen LogP contribution < -0.4 is 10.1 Å². The van der Waals surface area contributed by atoms with Crippen LogP contribution in [0.4, 0.5) is 4.39 Å². The van der Waals surface area contributed by atoms with Gasteiger partial charge in [-0.25, -0.2) is 4.39 Å². The average Bonchev–Trinajstić information content (AvgIpc) is 2.26. The molecule has 0 unspecified atom stereocenters. The summed E-state index contributed by atoms with van der Waals surface area (Å²) < 4.78 is 19.1. The lowest BCUT2D eigenvalue weighted by atomic mass is 9.89. The van der Waals surface area contributed by atoms with Gasteiger partial charge >= 0.3 is 0 Å². The van der Waals surface area contributed by atoms with Gasteiger partial charge in [-0.2, -0.15) is 0 Å². The van der Waals surface area contributed by atoms with Crippen LogP contribution in [-0.4, -0.2) is 18.7 Å². The van der Waals surface area contributed by atoms with Gasteiger partial charge in [-0.3, -0.25) is 0 Å². The lowest BCUT2D eigenvalue weighted by molar-refractivity contribution is 0.0812. The predicted octanol–water partition coefficient (Wildman–Crippen LogP) is 3.04. The van der Waals surface area contributed by atoms with E-state index >= 15 is 0 Å². The van der Waals surface area contributed by atoms with Gasteiger partial charge < -0.3 is 10.1 Å². The molecule has 0 heterocycles. The zero-order chi connectivity index (χ0) is 12.3. The fourth-order valence-electron chi connectivity index (χ4n) is 2.06. The maximum atomic E-state index is 13.4. The highest BCUT2D eigenvalue weighted by Crippen LogP contribution is 2.28. The van der Waals surface area contributed by atoms with Crippen LogP contribution in [0, 0.1) is 12.7 Å². The monoisotopic (exact) mass is 237 g/mol. The van der Waals surface area contributed by atoms with E-state index in [4.69, 9.17) is 4.74 Å². The molecule has 1 saturated carbocycles. The number of rotatable bonds is 5. The molecule has 0 aromatic heterocycles. The SMILES string of the molecule is CCCNC1CC(Oc2cc(C)ccc2F)C1. The second-order valence-electron chi connectivity index (χ2n) is 4.80. The standard InChI is InChI=1S/C14H20FNO/c1-3-6-16-11-8-12(9-11)17-14-7-10(2)4-5-13(14)15/h4-5,7,11-12,16H,3,6,8-9H2,1-2H3. The number of hydrogen-bond donors (Lipinski definition) is 1. The Bertz CT molecular complexity index is 374. The molecule has 2 nitrogen and oxygen atoms in total. The summed E-state index contributed by atoms with van der Waals surface area (Å²) in [4.78, 5) is 0. The van der Waals surface area contributed by atoms with Crippen LogP contribution in [0.25, 0.3) is 0 Å². The van der Waals surface area contributed by atoms with Crippen LogP contribution in [0.15, 0.2) is 18.2 Å². The molecule has 2 rings (SSSR count). The molecule has 1 aliphatic rings. The molecule has 0 amide bonds. The van der Waals surface area contributed by atoms with Crippen molar-refractivity contribution in [3.63, 3.8) is 0 Å². The number of benzene rings is 1. The van der Waals surface area contributed by atoms with Crippen LogP contribution in [0.2, 0.25) is 0 Å². The van der Waals surface area contributed by atoms with E-state index in [2.05, 4.69) is 12.2 Å². The summed E-state index contributed by atoms with van der Waals surface area (Å²) >= 11 is 0. The first kappa shape index (κ1) is 12.4. The normalized spacial score (nSPS) is 23.2. The third kappa shape index (κ3) is 3.19. The van der Waals surface area contributed by atoms with Crippen molar-refractivity contribution in [3.8, 4) is 5.75 Å². The van der Waals surface area contributed by atoms with Crippen molar-refractivity contribution < 1.29 is 9.13 Å². The van der Waals surface area contributed by atoms with Crippen molar-refractivity contribution in [1.29, 1.82) is 0 Å². The first-order valence-electron chi connectivity index (χ1n) is 6.35. The lowest BCUT2D eigenvalue weighted by Crippen LogP contribution is -2.47. The van der Waals surface area contributed by atoms with Gasteiger partial charge in [0, 0.05) is 6.04 Å². The first-order valence-corrected chi connectivity index (χ1v) is 6.35. The van der Waals surface area contributed by atoms with Gasteiger partial charge in [-0.15, -0.1) is 0 Å². The summed E-state index contributed by atoms with van der Waals surface area (Å²) in [7, 11) is 0. The summed E-state index contributed by atoms with van der Waals surface area (Å²) in [5, 5.41) is 3.44. The molecule has 1 N–H and O–H groups in total. The average molecular weight is 237 g/mol. The lowest BCUT2D eigenvalue weighted by Gasteiger charge is -2.36. The molecule has 0 atom stereocenters. The number of halogens is 1. The third-order valence-electron chi connectivity index (χ3n) is 3.16. The fourth-order valence-corrected chi connectivity index (χ4v) is 2.06. The molecule has 1 aromatic carbocycles. The predicted molar refractivity (Wildman–Crippen MR) is 66.9 cm³/mol. The highest BCUT2D eigenvalue weighted by atomic mass is 19.1. The molecule has 1 fully saturated rings. The van der Waals surface area contributed by atoms with Crippen molar-refractivity contribution in [3.05, 3.63) is 29.6 Å². The second-order valence-corrected chi connectivity index (χ2v) is 4.80. The topological polar surface area (TPSA) is 21.3 Å². The van der Waals surface area contributed by atoms with E-state index < -0.39 is 0 Å². The van der Waals surface area contributed by atoms with Crippen LogP contribution in [-0.2, 0) is 0 Å². The zero-order valence-electron chi connectivity index (χ0n) is 10.5. The first-order chi connectivity index (χ1) is 8.19. The molecule has 0 saturated heterocycles. The van der Waals surface area contributed by atoms with E-state index in [-0.39, 0.29) is 11.9 Å². The number of nitrogens with one attached hydrogen (secondary N) is 1. The quantitative estimate of drug-likeness (QED) is 0.850. The van der Waals surface area contributed by atoms with Crippen LogP contribution >= 0.6 is 0 Å². The maximum Gasteiger partial charge on any atom is 0.165 e. The Kier molecular flexibility index (Phi) is 4.00. The molecule has 1 aromatic rings. The van der Waals surface area contributed by atoms with Crippen molar-refractivity contribution in [2.45, 2.75) is 45.3 Å². The fraction of sp³-hybridized carbons (Fsp3) is 0.571. The summed E-state index contributed by atoms with van der Waals surface area (Å²) in [5.41, 5.74) is 1.03. The van der Waals surface area contributed by atoms with Gasteiger partial charge in [0.15, 0.2) is 11.6 Å². The van der Waals surface area contributed by atoms with Crippen LogP contribution in [0.5, 0.6) is 5.75 Å². The van der Waals surface area contributed by atoms with Crippen LogP contribution in [0.3, 0.4) is 0 Å². The summed E-state index contributed by atoms with van der Waals surface area (Å²) in [5.74, 6) is 0.129. The van der Waals surface area contributed by atoms with Gasteiger partial charge in [0.1, 0.15) is 6.10 Å². The van der Waals surface area contributed by atoms with Crippen molar-refractivity contribution in [1.82, 2.24) is 5.32 Å². The maximum absolute atomic E-state index is 13.4. The summed E-state index contributed by atoms with van der Waals surface area (Å²) in [6, 6.07) is 5.54. The van der Waals surface area contributed by atoms with Crippen LogP contribution in [0.1, 0.15) is 31.7 Å². The molecule has 3 heteroatoms. The van der Waals surface area contributed by atoms with Crippen molar-refractivity contribution in [2.24, 2.45) is 0 Å². The molecule has 17 heavy (non-hydrogen) atoms. The number of ether oxygens (including phenoxy) is 1. The Morgan fingerprint density at radius 1 is 1.41 bits per heavy atom. The largest absolute Gasteiger partial charge is 0.487 e. The minimum absolute atomic E-state index is 0.167. The third-order valence-corrected chi connectivity index (χ3v) is 3.16. The molecule has 0 radical (unpaired) electrons. The highest BCUT2D eigenvalue weighted by molar-refractivity contribution is 5.29. The molecule has 0 bridgehead atoms. The van der Waals surface area contributed by atoms with E-state index in [1.54, 1.807) is 12.1 Å². The molecule has 94 valence electrons. The molecule has 0 spiro atoms. The van der Waals surface area contributed by atoms with Gasteiger partial charge in [-0.05, 0) is 50.4 Å². The minimum atomic E-state index is -0.263. The Labute approximate surface area is 102 Å². The van der Waals surface area contributed by atoms with Gasteiger partial charge in [0.05, 0.1) is 0 Å². The Balaban J connectivity index is 1.81. The smallest absolute Gasteiger partial charge is 0.165 e. The molecular formula is C14H20FNO. The van der Waals surface area contributed by atoms with E-state index in [0.717, 1.165) is 31.4 Å². The number of hydrogen-bond acceptors (Lipinski definition) is 2. The summed E-state index contributed by atoms with van der Waals surface area (Å²) in [6.07, 6.45) is 3.27. The molecule has 1 aliphatic carbocycles. The van der Waals surface area contributed by atoms with Gasteiger partial charge in [-0.1, -0.05) is 13.0 Å². The number of aryl methyl sites for hydroxylation is 1. The molecule has 0 aliphatic heterocycles. The van der Waals surface area contributed by atoms with E-state index in [1.165, 1.54) is 6.07 Å². The van der Waals surface area contributed by atoms with Crippen molar-refractivity contribution in [2.75, 3.05) is 6.54 Å². The Morgan fingerprint density at radius 3 is 2.88 bits per heavy atom. The highest BCUT2D eigenvalue weighted by Gasteiger charge is 2.30.